The Hall–Kier alpha value is -0.695. The van der Waals surface area contributed by atoms with Crippen molar-refractivity contribution in [2.75, 3.05) is 0 Å². The molecule has 2 aliphatic rings. The third-order valence-electron chi connectivity index (χ3n) is 4.07. The van der Waals surface area contributed by atoms with Crippen LogP contribution in [0.3, 0.4) is 0 Å². The van der Waals surface area contributed by atoms with Crippen molar-refractivity contribution in [3.63, 3.8) is 0 Å². The first-order valence-electron chi connectivity index (χ1n) is 6.91. The molecule has 0 unspecified atom stereocenters. The number of halogens is 6. The van der Waals surface area contributed by atoms with Gasteiger partial charge in [-0.1, -0.05) is 27.5 Å². The molecule has 0 aliphatic carbocycles. The van der Waals surface area contributed by atoms with E-state index in [1.54, 1.807) is 36.4 Å². The van der Waals surface area contributed by atoms with Gasteiger partial charge in [-0.25, -0.2) is 0 Å². The highest BCUT2D eigenvalue weighted by molar-refractivity contribution is 9.18. The van der Waals surface area contributed by atoms with Crippen LogP contribution in [0.2, 0.25) is 5.02 Å². The topological polar surface area (TPSA) is 7.94 Å². The molecule has 0 bridgehead atoms. The summed E-state index contributed by atoms with van der Waals surface area (Å²) in [6, 6.07) is 8.65. The van der Waals surface area contributed by atoms with Crippen molar-refractivity contribution in [2.45, 2.75) is 0 Å². The summed E-state index contributed by atoms with van der Waals surface area (Å²) in [5.74, 6) is 0. The fourth-order valence-electron chi connectivity index (χ4n) is 3.10. The Morgan fingerprint density at radius 1 is 1.04 bits per heavy atom. The van der Waals surface area contributed by atoms with Gasteiger partial charge in [0.2, 0.25) is 4.62 Å². The summed E-state index contributed by atoms with van der Waals surface area (Å²) in [4.78, 5) is 0. The normalized spacial score (nSPS) is 18.2. The zero-order valence-corrected chi connectivity index (χ0v) is 17.3. The number of allylic oxidation sites excluding steroid dienone is 2. The minimum atomic E-state index is -4.01. The molecule has 1 aromatic heterocycles. The Morgan fingerprint density at radius 3 is 2.54 bits per heavy atom. The Labute approximate surface area is 166 Å². The molecule has 0 fully saturated rings. The van der Waals surface area contributed by atoms with Gasteiger partial charge >= 0.3 is 6.97 Å². The van der Waals surface area contributed by atoms with E-state index in [0.717, 1.165) is 19.0 Å². The van der Waals surface area contributed by atoms with Crippen molar-refractivity contribution in [1.82, 2.24) is 4.48 Å². The summed E-state index contributed by atoms with van der Waals surface area (Å²) in [5.41, 5.74) is 2.32. The Bertz CT molecular complexity index is 995. The third-order valence-corrected chi connectivity index (χ3v) is 6.29. The van der Waals surface area contributed by atoms with Crippen molar-refractivity contribution in [3.05, 3.63) is 73.5 Å². The van der Waals surface area contributed by atoms with E-state index in [1.165, 1.54) is 0 Å². The van der Waals surface area contributed by atoms with Crippen molar-refractivity contribution in [2.24, 2.45) is 0 Å². The van der Waals surface area contributed by atoms with E-state index in [2.05, 4.69) is 47.8 Å². The summed E-state index contributed by atoms with van der Waals surface area (Å²) in [7, 11) is 0. The zero-order valence-electron chi connectivity index (χ0n) is 11.8. The zero-order chi connectivity index (χ0) is 17.2. The van der Waals surface area contributed by atoms with Crippen LogP contribution in [0.5, 0.6) is 0 Å². The van der Waals surface area contributed by atoms with Gasteiger partial charge in [-0.15, -0.1) is 0 Å². The summed E-state index contributed by atoms with van der Waals surface area (Å²) in [5, 5.41) is 0.540. The molecule has 4 rings (SSSR count). The molecular weight excluding hydrogens is 532 g/mol. The van der Waals surface area contributed by atoms with Crippen LogP contribution in [0.1, 0.15) is 11.3 Å². The largest absolute Gasteiger partial charge is 0.738 e. The SMILES string of the molecule is F[B-]1(F)n2c(Br)ccc2C(c2cc(Cl)ccc2Br)=C2C=CC(Br)=[N+]21. The molecule has 3 heterocycles. The maximum absolute atomic E-state index is 15.1. The van der Waals surface area contributed by atoms with Crippen LogP contribution in [0.4, 0.5) is 8.63 Å². The van der Waals surface area contributed by atoms with E-state index in [4.69, 9.17) is 11.6 Å². The molecule has 122 valence electrons. The summed E-state index contributed by atoms with van der Waals surface area (Å²) in [6.07, 6.45) is 3.32. The lowest BCUT2D eigenvalue weighted by Crippen LogP contribution is -2.50. The molecular formula is C15H7BBr3ClF2N2. The Kier molecular flexibility index (Phi) is 3.95. The summed E-state index contributed by atoms with van der Waals surface area (Å²) in [6.45, 7) is -4.01. The molecule has 9 heteroatoms. The molecule has 0 saturated heterocycles. The highest BCUT2D eigenvalue weighted by Crippen LogP contribution is 2.44. The first kappa shape index (κ1) is 16.8. The summed E-state index contributed by atoms with van der Waals surface area (Å²) < 4.78 is 33.7. The highest BCUT2D eigenvalue weighted by atomic mass is 79.9. The molecule has 2 nitrogen and oxygen atoms in total. The van der Waals surface area contributed by atoms with Gasteiger partial charge in [-0.3, -0.25) is 0 Å². The molecule has 2 aromatic rings. The predicted octanol–water partition coefficient (Wildman–Crippen LogP) is 6.04. The van der Waals surface area contributed by atoms with Gasteiger partial charge < -0.3 is 17.6 Å². The van der Waals surface area contributed by atoms with Crippen molar-refractivity contribution < 1.29 is 13.1 Å². The summed E-state index contributed by atoms with van der Waals surface area (Å²) >= 11 is 16.1. The maximum Gasteiger partial charge on any atom is 0.738 e. The second-order valence-electron chi connectivity index (χ2n) is 5.41. The van der Waals surface area contributed by atoms with Crippen LogP contribution in [-0.4, -0.2) is 20.6 Å². The number of hydrogen-bond acceptors (Lipinski definition) is 0. The van der Waals surface area contributed by atoms with Gasteiger partial charge in [0, 0.05) is 48.8 Å². The molecule has 1 aromatic carbocycles. The van der Waals surface area contributed by atoms with Crippen molar-refractivity contribution in [1.29, 1.82) is 0 Å². The lowest BCUT2D eigenvalue weighted by Gasteiger charge is -2.32. The van der Waals surface area contributed by atoms with Crippen LogP contribution in [0, 0.1) is 0 Å². The third kappa shape index (κ3) is 2.26. The lowest BCUT2D eigenvalue weighted by molar-refractivity contribution is -0.358. The standard InChI is InChI=1S/C15H7BBr3ClF2N2/c17-10-2-1-8(20)7-9(10)15-11-3-5-13(18)23(11)16(21,22)24-12(15)4-6-14(24)19/h1-7H. The highest BCUT2D eigenvalue weighted by Gasteiger charge is 2.54. The van der Waals surface area contributed by atoms with E-state index < -0.39 is 6.97 Å². The van der Waals surface area contributed by atoms with Crippen LogP contribution < -0.4 is 0 Å². The molecule has 0 spiro atoms. The quantitative estimate of drug-likeness (QED) is 0.391. The van der Waals surface area contributed by atoms with E-state index in [0.29, 0.717) is 31.2 Å². The lowest BCUT2D eigenvalue weighted by atomic mass is 9.86. The minimum absolute atomic E-state index is 0.324. The van der Waals surface area contributed by atoms with E-state index in [1.807, 2.05) is 6.07 Å². The molecule has 0 saturated carbocycles. The fourth-order valence-corrected chi connectivity index (χ4v) is 4.85. The number of nitrogens with zero attached hydrogens (tertiary/aromatic N) is 2. The monoisotopic (exact) mass is 536 g/mol. The van der Waals surface area contributed by atoms with E-state index >= 15 is 8.63 Å². The second-order valence-corrected chi connectivity index (χ2v) is 8.33. The smallest absolute Gasteiger partial charge is 0.389 e. The van der Waals surface area contributed by atoms with Gasteiger partial charge in [0.15, 0.2) is 5.70 Å². The van der Waals surface area contributed by atoms with Gasteiger partial charge in [0.1, 0.15) is 0 Å². The average molecular weight is 539 g/mol. The number of aromatic nitrogens is 1. The van der Waals surface area contributed by atoms with Crippen LogP contribution in [0.15, 0.2) is 57.3 Å². The van der Waals surface area contributed by atoms with Crippen molar-refractivity contribution >= 4 is 76.6 Å². The molecule has 0 N–H and O–H groups in total. The Morgan fingerprint density at radius 2 is 1.79 bits per heavy atom. The number of fused-ring (bicyclic) bond motifs is 2. The molecule has 0 amide bonds. The average Bonchev–Trinajstić information content (AvgIpc) is 3.08. The van der Waals surface area contributed by atoms with Crippen LogP contribution in [-0.2, 0) is 0 Å². The van der Waals surface area contributed by atoms with E-state index in [-0.39, 0.29) is 0 Å². The molecule has 2 aliphatic heterocycles. The van der Waals surface area contributed by atoms with Gasteiger partial charge in [-0.05, 0) is 46.3 Å². The first-order chi connectivity index (χ1) is 11.3. The van der Waals surface area contributed by atoms with Gasteiger partial charge in [0.25, 0.3) is 0 Å². The van der Waals surface area contributed by atoms with E-state index in [9.17, 15) is 0 Å². The van der Waals surface area contributed by atoms with Crippen molar-refractivity contribution in [3.8, 4) is 0 Å². The first-order valence-corrected chi connectivity index (χ1v) is 9.67. The molecule has 0 radical (unpaired) electrons. The fraction of sp³-hybridized carbons (Fsp3) is 0. The number of rotatable bonds is 1. The van der Waals surface area contributed by atoms with Gasteiger partial charge in [0.05, 0.1) is 10.2 Å². The minimum Gasteiger partial charge on any atom is -0.389 e. The molecule has 24 heavy (non-hydrogen) atoms. The second kappa shape index (κ2) is 5.66. The predicted molar refractivity (Wildman–Crippen MR) is 104 cm³/mol. The molecule has 0 atom stereocenters. The van der Waals surface area contributed by atoms with Crippen LogP contribution in [0.25, 0.3) is 5.57 Å². The van der Waals surface area contributed by atoms with Gasteiger partial charge in [-0.2, -0.15) is 0 Å². The van der Waals surface area contributed by atoms with Crippen LogP contribution >= 0.6 is 59.4 Å². The maximum atomic E-state index is 15.1. The number of hydrogen-bond donors (Lipinski definition) is 0. The number of benzene rings is 1. The Balaban J connectivity index is 2.14.